The molecule has 0 radical (unpaired) electrons. The van der Waals surface area contributed by atoms with E-state index < -0.39 is 0 Å². The number of aromatic nitrogens is 1. The number of aliphatic hydroxyl groups excluding tert-OH is 1. The van der Waals surface area contributed by atoms with Gasteiger partial charge >= 0.3 is 0 Å². The summed E-state index contributed by atoms with van der Waals surface area (Å²) >= 11 is 1.63. The minimum Gasteiger partial charge on any atom is -0.486 e. The van der Waals surface area contributed by atoms with Gasteiger partial charge in [-0.25, -0.2) is 4.98 Å². The van der Waals surface area contributed by atoms with Crippen LogP contribution in [0.3, 0.4) is 0 Å². The predicted molar refractivity (Wildman–Crippen MR) is 83.4 cm³/mol. The average Bonchev–Trinajstić information content (AvgIpc) is 2.94. The quantitative estimate of drug-likeness (QED) is 0.922. The largest absolute Gasteiger partial charge is 0.486 e. The molecule has 112 valence electrons. The maximum absolute atomic E-state index is 9.69. The number of hydrogen-bond acceptors (Lipinski definition) is 5. The Morgan fingerprint density at radius 2 is 2.19 bits per heavy atom. The Bertz CT molecular complexity index is 558. The van der Waals surface area contributed by atoms with Gasteiger partial charge in [-0.2, -0.15) is 0 Å². The lowest BCUT2D eigenvalue weighted by Gasteiger charge is -2.29. The lowest BCUT2D eigenvalue weighted by atomic mass is 10.1. The number of nitrogens with zero attached hydrogens (tertiary/aromatic N) is 2. The van der Waals surface area contributed by atoms with E-state index in [1.165, 1.54) is 0 Å². The number of aliphatic hydroxyl groups is 1. The molecule has 1 fully saturated rings. The summed E-state index contributed by atoms with van der Waals surface area (Å²) in [5.41, 5.74) is 1.07. The molecule has 5 heteroatoms. The maximum Gasteiger partial charge on any atom is 0.140 e. The average molecular weight is 304 g/mol. The van der Waals surface area contributed by atoms with Crippen molar-refractivity contribution < 1.29 is 9.84 Å². The maximum atomic E-state index is 9.69. The summed E-state index contributed by atoms with van der Waals surface area (Å²) in [5, 5.41) is 12.8. The SMILES string of the molecule is OC1CCCN(Cc2csc(COc3ccccc3)n2)C1. The Morgan fingerprint density at radius 3 is 3.00 bits per heavy atom. The van der Waals surface area contributed by atoms with E-state index in [1.807, 2.05) is 30.3 Å². The van der Waals surface area contributed by atoms with Crippen LogP contribution in [0.5, 0.6) is 5.75 Å². The number of rotatable bonds is 5. The second-order valence-electron chi connectivity index (χ2n) is 5.37. The van der Waals surface area contributed by atoms with Crippen LogP contribution < -0.4 is 4.74 Å². The highest BCUT2D eigenvalue weighted by atomic mass is 32.1. The summed E-state index contributed by atoms with van der Waals surface area (Å²) < 4.78 is 5.71. The van der Waals surface area contributed by atoms with Gasteiger partial charge in [-0.3, -0.25) is 4.90 Å². The van der Waals surface area contributed by atoms with Crippen LogP contribution in [0.15, 0.2) is 35.7 Å². The van der Waals surface area contributed by atoms with Gasteiger partial charge in [0.05, 0.1) is 11.8 Å². The fourth-order valence-corrected chi connectivity index (χ4v) is 3.25. The van der Waals surface area contributed by atoms with Gasteiger partial charge in [-0.15, -0.1) is 11.3 Å². The molecule has 1 aliphatic rings. The monoisotopic (exact) mass is 304 g/mol. The van der Waals surface area contributed by atoms with Gasteiger partial charge in [0, 0.05) is 18.5 Å². The Labute approximate surface area is 129 Å². The first-order chi connectivity index (χ1) is 10.3. The zero-order chi connectivity index (χ0) is 14.5. The summed E-state index contributed by atoms with van der Waals surface area (Å²) in [7, 11) is 0. The van der Waals surface area contributed by atoms with E-state index in [-0.39, 0.29) is 6.10 Å². The molecule has 0 saturated carbocycles. The molecule has 0 amide bonds. The van der Waals surface area contributed by atoms with Crippen LogP contribution >= 0.6 is 11.3 Å². The molecule has 2 aromatic rings. The minimum absolute atomic E-state index is 0.182. The van der Waals surface area contributed by atoms with E-state index in [0.717, 1.165) is 48.9 Å². The van der Waals surface area contributed by atoms with Gasteiger partial charge in [0.1, 0.15) is 17.4 Å². The number of ether oxygens (including phenoxy) is 1. The van der Waals surface area contributed by atoms with Gasteiger partial charge in [0.15, 0.2) is 0 Å². The van der Waals surface area contributed by atoms with Crippen LogP contribution in [0, 0.1) is 0 Å². The molecule has 1 aromatic heterocycles. The van der Waals surface area contributed by atoms with Crippen LogP contribution in [-0.2, 0) is 13.2 Å². The lowest BCUT2D eigenvalue weighted by Crippen LogP contribution is -2.37. The van der Waals surface area contributed by atoms with Gasteiger partial charge < -0.3 is 9.84 Å². The molecule has 0 spiro atoms. The molecule has 1 aliphatic heterocycles. The predicted octanol–water partition coefficient (Wildman–Crippen LogP) is 2.68. The molecule has 3 rings (SSSR count). The lowest BCUT2D eigenvalue weighted by molar-refractivity contribution is 0.0662. The number of thiazole rings is 1. The van der Waals surface area contributed by atoms with E-state index in [1.54, 1.807) is 11.3 Å². The Kier molecular flexibility index (Phi) is 4.85. The highest BCUT2D eigenvalue weighted by Gasteiger charge is 2.18. The van der Waals surface area contributed by atoms with Crippen molar-refractivity contribution in [3.63, 3.8) is 0 Å². The third-order valence-corrected chi connectivity index (χ3v) is 4.44. The first kappa shape index (κ1) is 14.5. The van der Waals surface area contributed by atoms with Crippen LogP contribution in [0.1, 0.15) is 23.5 Å². The molecular formula is C16H20N2O2S. The normalized spacial score (nSPS) is 19.6. The fourth-order valence-electron chi connectivity index (χ4n) is 2.55. The first-order valence-electron chi connectivity index (χ1n) is 7.31. The zero-order valence-electron chi connectivity index (χ0n) is 11.9. The number of benzene rings is 1. The standard InChI is InChI=1S/C16H20N2O2S/c19-14-5-4-8-18(10-14)9-13-12-21-16(17-13)11-20-15-6-2-1-3-7-15/h1-3,6-7,12,14,19H,4-5,8-11H2. The van der Waals surface area contributed by atoms with Gasteiger partial charge in [-0.1, -0.05) is 18.2 Å². The van der Waals surface area contributed by atoms with E-state index >= 15 is 0 Å². The summed E-state index contributed by atoms with van der Waals surface area (Å²) in [4.78, 5) is 6.88. The van der Waals surface area contributed by atoms with Crippen molar-refractivity contribution in [1.82, 2.24) is 9.88 Å². The molecule has 1 saturated heterocycles. The Hall–Kier alpha value is -1.43. The highest BCUT2D eigenvalue weighted by Crippen LogP contribution is 2.18. The van der Waals surface area contributed by atoms with Crippen molar-refractivity contribution in [2.24, 2.45) is 0 Å². The third-order valence-electron chi connectivity index (χ3n) is 3.57. The molecule has 2 heterocycles. The van der Waals surface area contributed by atoms with Crippen molar-refractivity contribution in [2.45, 2.75) is 32.1 Å². The number of β-amino-alcohol motifs (C(OH)–C–C–N with tert-alkyl or cyclic N) is 1. The third kappa shape index (κ3) is 4.27. The Morgan fingerprint density at radius 1 is 1.33 bits per heavy atom. The molecule has 1 unspecified atom stereocenters. The van der Waals surface area contributed by atoms with Crippen molar-refractivity contribution in [3.05, 3.63) is 46.4 Å². The molecule has 0 bridgehead atoms. The van der Waals surface area contributed by atoms with Gasteiger partial charge in [-0.05, 0) is 31.5 Å². The van der Waals surface area contributed by atoms with Crippen LogP contribution in [0.25, 0.3) is 0 Å². The van der Waals surface area contributed by atoms with Gasteiger partial charge in [0.2, 0.25) is 0 Å². The summed E-state index contributed by atoms with van der Waals surface area (Å²) in [6.07, 6.45) is 1.80. The van der Waals surface area contributed by atoms with Crippen molar-refractivity contribution in [2.75, 3.05) is 13.1 Å². The van der Waals surface area contributed by atoms with Crippen molar-refractivity contribution in [3.8, 4) is 5.75 Å². The first-order valence-corrected chi connectivity index (χ1v) is 8.19. The Balaban J connectivity index is 1.51. The molecule has 1 atom stereocenters. The molecule has 1 N–H and O–H groups in total. The summed E-state index contributed by atoms with van der Waals surface area (Å²) in [6.45, 7) is 3.13. The molecule has 1 aromatic carbocycles. The smallest absolute Gasteiger partial charge is 0.140 e. The number of piperidine rings is 1. The van der Waals surface area contributed by atoms with E-state index in [4.69, 9.17) is 4.74 Å². The number of para-hydroxylation sites is 1. The highest BCUT2D eigenvalue weighted by molar-refractivity contribution is 7.09. The van der Waals surface area contributed by atoms with Crippen molar-refractivity contribution in [1.29, 1.82) is 0 Å². The fraction of sp³-hybridized carbons (Fsp3) is 0.438. The zero-order valence-corrected chi connectivity index (χ0v) is 12.8. The van der Waals surface area contributed by atoms with Crippen LogP contribution in [0.2, 0.25) is 0 Å². The second kappa shape index (κ2) is 7.02. The summed E-state index contributed by atoms with van der Waals surface area (Å²) in [5.74, 6) is 0.869. The molecule has 4 nitrogen and oxygen atoms in total. The molecule has 0 aliphatic carbocycles. The van der Waals surface area contributed by atoms with E-state index in [2.05, 4.69) is 15.3 Å². The minimum atomic E-state index is -0.182. The number of likely N-dealkylation sites (tertiary alicyclic amines) is 1. The number of hydrogen-bond donors (Lipinski definition) is 1. The van der Waals surface area contributed by atoms with E-state index in [9.17, 15) is 5.11 Å². The molecular weight excluding hydrogens is 284 g/mol. The van der Waals surface area contributed by atoms with Crippen molar-refractivity contribution >= 4 is 11.3 Å². The topological polar surface area (TPSA) is 45.6 Å². The van der Waals surface area contributed by atoms with Crippen LogP contribution in [-0.4, -0.2) is 34.2 Å². The molecule has 21 heavy (non-hydrogen) atoms. The van der Waals surface area contributed by atoms with Crippen LogP contribution in [0.4, 0.5) is 0 Å². The van der Waals surface area contributed by atoms with Gasteiger partial charge in [0.25, 0.3) is 0 Å². The van der Waals surface area contributed by atoms with E-state index in [0.29, 0.717) is 6.61 Å². The summed E-state index contributed by atoms with van der Waals surface area (Å²) in [6, 6.07) is 9.79. The second-order valence-corrected chi connectivity index (χ2v) is 6.31.